The van der Waals surface area contributed by atoms with E-state index in [4.69, 9.17) is 34.0 Å². The molecule has 0 spiro atoms. The standard InChI is InChI=1S/C15H9Cl2N3O2/c16-8-1-2-12-7(3-8)6-19-14(20-12)10-4-9(17)5-11(13(10)18)15(21)22/h1-6H,18H2,(H,21,22). The monoisotopic (exact) mass is 333 g/mol. The van der Waals surface area contributed by atoms with Gasteiger partial charge in [-0.2, -0.15) is 0 Å². The fraction of sp³-hybridized carbons (Fsp3) is 0. The number of carboxylic acid groups (broad SMARTS) is 1. The molecule has 5 nitrogen and oxygen atoms in total. The Kier molecular flexibility index (Phi) is 3.60. The molecular formula is C15H9Cl2N3O2. The Morgan fingerprint density at radius 1 is 1.14 bits per heavy atom. The van der Waals surface area contributed by atoms with Crippen LogP contribution >= 0.6 is 23.2 Å². The summed E-state index contributed by atoms with van der Waals surface area (Å²) in [6.45, 7) is 0. The van der Waals surface area contributed by atoms with Crippen LogP contribution in [0.5, 0.6) is 0 Å². The van der Waals surface area contributed by atoms with E-state index in [1.54, 1.807) is 30.5 Å². The van der Waals surface area contributed by atoms with Crippen LogP contribution in [-0.4, -0.2) is 21.0 Å². The number of benzene rings is 2. The lowest BCUT2D eigenvalue weighted by atomic mass is 10.1. The van der Waals surface area contributed by atoms with Gasteiger partial charge in [0.15, 0.2) is 5.82 Å². The average Bonchev–Trinajstić information content (AvgIpc) is 2.48. The number of anilines is 1. The second-order valence-corrected chi connectivity index (χ2v) is 5.49. The normalized spacial score (nSPS) is 10.8. The van der Waals surface area contributed by atoms with E-state index in [9.17, 15) is 4.79 Å². The van der Waals surface area contributed by atoms with E-state index in [-0.39, 0.29) is 16.3 Å². The van der Waals surface area contributed by atoms with Crippen LogP contribution < -0.4 is 5.73 Å². The molecule has 110 valence electrons. The molecule has 0 amide bonds. The molecule has 3 rings (SSSR count). The molecule has 0 aliphatic carbocycles. The van der Waals surface area contributed by atoms with E-state index >= 15 is 0 Å². The van der Waals surface area contributed by atoms with Gasteiger partial charge in [0.2, 0.25) is 0 Å². The molecule has 0 radical (unpaired) electrons. The van der Waals surface area contributed by atoms with E-state index in [0.29, 0.717) is 21.9 Å². The van der Waals surface area contributed by atoms with Crippen molar-refractivity contribution in [1.82, 2.24) is 9.97 Å². The fourth-order valence-corrected chi connectivity index (χ4v) is 2.51. The Balaban J connectivity index is 2.23. The number of aromatic carboxylic acids is 1. The topological polar surface area (TPSA) is 89.1 Å². The van der Waals surface area contributed by atoms with Crippen molar-refractivity contribution in [2.75, 3.05) is 5.73 Å². The largest absolute Gasteiger partial charge is 0.478 e. The highest BCUT2D eigenvalue weighted by atomic mass is 35.5. The number of rotatable bonds is 2. The van der Waals surface area contributed by atoms with Gasteiger partial charge in [-0.15, -0.1) is 0 Å². The number of fused-ring (bicyclic) bond motifs is 1. The van der Waals surface area contributed by atoms with E-state index in [1.807, 2.05) is 0 Å². The van der Waals surface area contributed by atoms with Crippen LogP contribution in [-0.2, 0) is 0 Å². The zero-order valence-corrected chi connectivity index (χ0v) is 12.6. The summed E-state index contributed by atoms with van der Waals surface area (Å²) < 4.78 is 0. The molecule has 1 heterocycles. The highest BCUT2D eigenvalue weighted by molar-refractivity contribution is 6.31. The molecule has 0 aliphatic heterocycles. The van der Waals surface area contributed by atoms with Gasteiger partial charge < -0.3 is 10.8 Å². The van der Waals surface area contributed by atoms with Crippen molar-refractivity contribution in [2.24, 2.45) is 0 Å². The molecule has 0 bridgehead atoms. The minimum atomic E-state index is -1.16. The molecule has 2 aromatic carbocycles. The summed E-state index contributed by atoms with van der Waals surface area (Å²) in [7, 11) is 0. The summed E-state index contributed by atoms with van der Waals surface area (Å²) in [4.78, 5) is 19.8. The van der Waals surface area contributed by atoms with Gasteiger partial charge in [-0.1, -0.05) is 23.2 Å². The minimum absolute atomic E-state index is 0.0743. The quantitative estimate of drug-likeness (QED) is 0.694. The van der Waals surface area contributed by atoms with Gasteiger partial charge in [-0.3, -0.25) is 0 Å². The molecule has 0 saturated carbocycles. The molecule has 0 fully saturated rings. The van der Waals surface area contributed by atoms with Crippen molar-refractivity contribution in [3.8, 4) is 11.4 Å². The molecule has 1 aromatic heterocycles. The summed E-state index contributed by atoms with van der Waals surface area (Å²) >= 11 is 11.9. The zero-order valence-electron chi connectivity index (χ0n) is 11.0. The van der Waals surface area contributed by atoms with Crippen LogP contribution in [0.2, 0.25) is 10.0 Å². The SMILES string of the molecule is Nc1c(C(=O)O)cc(Cl)cc1-c1ncc2cc(Cl)ccc2n1. The van der Waals surface area contributed by atoms with Crippen molar-refractivity contribution in [1.29, 1.82) is 0 Å². The first kappa shape index (κ1) is 14.6. The molecule has 3 N–H and O–H groups in total. The number of hydrogen-bond donors (Lipinski definition) is 2. The summed E-state index contributed by atoms with van der Waals surface area (Å²) in [5.74, 6) is -0.855. The van der Waals surface area contributed by atoms with Gasteiger partial charge in [0.05, 0.1) is 16.8 Å². The maximum Gasteiger partial charge on any atom is 0.337 e. The maximum atomic E-state index is 11.2. The first-order chi connectivity index (χ1) is 10.5. The van der Waals surface area contributed by atoms with Crippen molar-refractivity contribution >= 4 is 45.8 Å². The number of carbonyl (C=O) groups is 1. The number of carboxylic acids is 1. The van der Waals surface area contributed by atoms with E-state index in [0.717, 1.165) is 5.39 Å². The number of nitrogens with zero attached hydrogens (tertiary/aromatic N) is 2. The first-order valence-electron chi connectivity index (χ1n) is 6.20. The molecule has 0 saturated heterocycles. The molecule has 3 aromatic rings. The van der Waals surface area contributed by atoms with Crippen molar-refractivity contribution in [3.63, 3.8) is 0 Å². The fourth-order valence-electron chi connectivity index (χ4n) is 2.11. The molecule has 0 unspecified atom stereocenters. The van der Waals surface area contributed by atoms with E-state index in [2.05, 4.69) is 9.97 Å². The summed E-state index contributed by atoms with van der Waals surface area (Å²) in [6.07, 6.45) is 1.60. The lowest BCUT2D eigenvalue weighted by Gasteiger charge is -2.09. The van der Waals surface area contributed by atoms with Gasteiger partial charge in [0.1, 0.15) is 0 Å². The maximum absolute atomic E-state index is 11.2. The Hall–Kier alpha value is -2.37. The Morgan fingerprint density at radius 3 is 2.64 bits per heavy atom. The Bertz CT molecular complexity index is 913. The predicted octanol–water partition coefficient (Wildman–Crippen LogP) is 3.88. The molecule has 0 atom stereocenters. The van der Waals surface area contributed by atoms with Gasteiger partial charge >= 0.3 is 5.97 Å². The number of nitrogen functional groups attached to an aromatic ring is 1. The summed E-state index contributed by atoms with van der Waals surface area (Å²) in [6, 6.07) is 8.04. The van der Waals surface area contributed by atoms with Crippen LogP contribution in [0.25, 0.3) is 22.3 Å². The van der Waals surface area contributed by atoms with Crippen LogP contribution in [0, 0.1) is 0 Å². The Labute approximate surface area is 135 Å². The third-order valence-electron chi connectivity index (χ3n) is 3.16. The lowest BCUT2D eigenvalue weighted by Crippen LogP contribution is -2.05. The lowest BCUT2D eigenvalue weighted by molar-refractivity contribution is 0.0698. The highest BCUT2D eigenvalue weighted by Gasteiger charge is 2.16. The number of hydrogen-bond acceptors (Lipinski definition) is 4. The third-order valence-corrected chi connectivity index (χ3v) is 3.61. The smallest absolute Gasteiger partial charge is 0.337 e. The minimum Gasteiger partial charge on any atom is -0.478 e. The molecule has 7 heteroatoms. The zero-order chi connectivity index (χ0) is 15.9. The second kappa shape index (κ2) is 5.44. The predicted molar refractivity (Wildman–Crippen MR) is 86.4 cm³/mol. The van der Waals surface area contributed by atoms with Gasteiger partial charge in [-0.25, -0.2) is 14.8 Å². The highest BCUT2D eigenvalue weighted by Crippen LogP contribution is 2.31. The average molecular weight is 334 g/mol. The molecule has 22 heavy (non-hydrogen) atoms. The van der Waals surface area contributed by atoms with Gasteiger partial charge in [-0.05, 0) is 30.3 Å². The van der Waals surface area contributed by atoms with Crippen LogP contribution in [0.15, 0.2) is 36.5 Å². The first-order valence-corrected chi connectivity index (χ1v) is 6.96. The number of nitrogens with two attached hydrogens (primary N) is 1. The molecule has 0 aliphatic rings. The van der Waals surface area contributed by atoms with Crippen LogP contribution in [0.1, 0.15) is 10.4 Å². The van der Waals surface area contributed by atoms with Crippen LogP contribution in [0.3, 0.4) is 0 Å². The Morgan fingerprint density at radius 2 is 1.91 bits per heavy atom. The van der Waals surface area contributed by atoms with Crippen molar-refractivity contribution in [2.45, 2.75) is 0 Å². The van der Waals surface area contributed by atoms with E-state index in [1.165, 1.54) is 6.07 Å². The number of halogens is 2. The van der Waals surface area contributed by atoms with Gasteiger partial charge in [0, 0.05) is 27.2 Å². The van der Waals surface area contributed by atoms with Gasteiger partial charge in [0.25, 0.3) is 0 Å². The van der Waals surface area contributed by atoms with Crippen LogP contribution in [0.4, 0.5) is 5.69 Å². The van der Waals surface area contributed by atoms with Crippen molar-refractivity contribution < 1.29 is 9.90 Å². The molecular weight excluding hydrogens is 325 g/mol. The third kappa shape index (κ3) is 2.56. The van der Waals surface area contributed by atoms with Crippen molar-refractivity contribution in [3.05, 3.63) is 52.1 Å². The second-order valence-electron chi connectivity index (χ2n) is 4.62. The van der Waals surface area contributed by atoms with E-state index < -0.39 is 5.97 Å². The summed E-state index contributed by atoms with van der Waals surface area (Å²) in [5.41, 5.74) is 6.95. The number of aromatic nitrogens is 2. The summed E-state index contributed by atoms with van der Waals surface area (Å²) in [5, 5.41) is 10.8.